The molecule has 0 aromatic heterocycles. The van der Waals surface area contributed by atoms with Crippen molar-refractivity contribution in [2.45, 2.75) is 13.0 Å². The lowest BCUT2D eigenvalue weighted by Gasteiger charge is -2.01. The van der Waals surface area contributed by atoms with Crippen molar-refractivity contribution >= 4 is 5.71 Å². The minimum absolute atomic E-state index is 0.118. The predicted octanol–water partition coefficient (Wildman–Crippen LogP) is -0.810. The van der Waals surface area contributed by atoms with E-state index in [1.807, 2.05) is 0 Å². The Hall–Kier alpha value is -0.610. The van der Waals surface area contributed by atoms with E-state index in [1.165, 1.54) is 6.92 Å². The van der Waals surface area contributed by atoms with Crippen LogP contribution in [-0.2, 0) is 0 Å². The fourth-order valence-corrected chi connectivity index (χ4v) is 0.199. The van der Waals surface area contributed by atoms with Crippen LogP contribution in [0.2, 0.25) is 0 Å². The second kappa shape index (κ2) is 3.40. The van der Waals surface area contributed by atoms with Gasteiger partial charge in [0.05, 0.1) is 12.3 Å². The first kappa shape index (κ1) is 7.39. The summed E-state index contributed by atoms with van der Waals surface area (Å²) in [6.45, 7) is 1.01. The number of aliphatic hydroxyl groups is 2. The smallest absolute Gasteiger partial charge is 0.118 e. The van der Waals surface area contributed by atoms with Crippen molar-refractivity contribution in [2.75, 3.05) is 6.61 Å². The highest BCUT2D eigenvalue weighted by Gasteiger charge is 2.04. The molecule has 0 aromatic rings. The van der Waals surface area contributed by atoms with E-state index in [0.29, 0.717) is 0 Å². The zero-order valence-corrected chi connectivity index (χ0v) is 4.57. The minimum Gasteiger partial charge on any atom is -0.411 e. The molecule has 3 N–H and O–H groups in total. The first-order chi connectivity index (χ1) is 3.72. The van der Waals surface area contributed by atoms with Gasteiger partial charge < -0.3 is 15.4 Å². The first-order valence-electron chi connectivity index (χ1n) is 2.19. The fraction of sp³-hybridized carbons (Fsp3) is 0.750. The van der Waals surface area contributed by atoms with Crippen LogP contribution in [0.1, 0.15) is 6.92 Å². The normalized spacial score (nSPS) is 16.1. The van der Waals surface area contributed by atoms with Crippen LogP contribution in [0.3, 0.4) is 0 Å². The van der Waals surface area contributed by atoms with Crippen molar-refractivity contribution in [1.29, 1.82) is 0 Å². The minimum atomic E-state index is -1.03. The van der Waals surface area contributed by atoms with Crippen molar-refractivity contribution in [1.82, 2.24) is 0 Å². The number of oxime groups is 1. The van der Waals surface area contributed by atoms with Gasteiger partial charge >= 0.3 is 0 Å². The Labute approximate surface area is 47.1 Å². The molecular formula is C4H9NO3. The predicted molar refractivity (Wildman–Crippen MR) is 28.0 cm³/mol. The summed E-state index contributed by atoms with van der Waals surface area (Å²) < 4.78 is 0. The van der Waals surface area contributed by atoms with Gasteiger partial charge in [-0.25, -0.2) is 0 Å². The van der Waals surface area contributed by atoms with Crippen LogP contribution in [0.5, 0.6) is 0 Å². The van der Waals surface area contributed by atoms with Gasteiger partial charge in [-0.15, -0.1) is 0 Å². The summed E-state index contributed by atoms with van der Waals surface area (Å²) in [5.41, 5.74) is 0.118. The maximum Gasteiger partial charge on any atom is 0.118 e. The molecule has 8 heavy (non-hydrogen) atoms. The highest BCUT2D eigenvalue weighted by molar-refractivity contribution is 5.85. The van der Waals surface area contributed by atoms with Gasteiger partial charge in [0, 0.05) is 0 Å². The van der Waals surface area contributed by atoms with E-state index in [4.69, 9.17) is 15.4 Å². The summed E-state index contributed by atoms with van der Waals surface area (Å²) in [5, 5.41) is 27.4. The molecule has 1 unspecified atom stereocenters. The molecule has 0 rings (SSSR count). The zero-order chi connectivity index (χ0) is 6.57. The molecule has 0 saturated carbocycles. The average molecular weight is 119 g/mol. The second-order valence-corrected chi connectivity index (χ2v) is 1.44. The Balaban J connectivity index is 3.63. The third-order valence-electron chi connectivity index (χ3n) is 0.813. The Morgan fingerprint density at radius 1 is 1.75 bits per heavy atom. The van der Waals surface area contributed by atoms with Gasteiger partial charge in [-0.1, -0.05) is 5.16 Å². The number of nitrogens with zero attached hydrogens (tertiary/aromatic N) is 1. The zero-order valence-electron chi connectivity index (χ0n) is 4.57. The van der Waals surface area contributed by atoms with E-state index in [9.17, 15) is 0 Å². The molecule has 0 aromatic carbocycles. The molecule has 0 amide bonds. The molecule has 4 heteroatoms. The van der Waals surface area contributed by atoms with E-state index in [2.05, 4.69) is 5.16 Å². The molecule has 0 aliphatic carbocycles. The van der Waals surface area contributed by atoms with Crippen LogP contribution in [0.25, 0.3) is 0 Å². The molecule has 0 saturated heterocycles. The average Bonchev–Trinajstić information content (AvgIpc) is 1.84. The standard InChI is InChI=1S/C4H9NO3/c1-3(5-8)4(7)2-6/h4,6-8H,2H2,1H3/b5-3-. The fourth-order valence-electron chi connectivity index (χ4n) is 0.199. The summed E-state index contributed by atoms with van der Waals surface area (Å²) in [6, 6.07) is 0. The molecule has 1 atom stereocenters. The van der Waals surface area contributed by atoms with Gasteiger partial charge in [0.25, 0.3) is 0 Å². The van der Waals surface area contributed by atoms with Crippen LogP contribution in [-0.4, -0.2) is 33.8 Å². The first-order valence-corrected chi connectivity index (χ1v) is 2.19. The largest absolute Gasteiger partial charge is 0.411 e. The van der Waals surface area contributed by atoms with Crippen LogP contribution in [0, 0.1) is 0 Å². The molecular weight excluding hydrogens is 110 g/mol. The number of aliphatic hydroxyl groups excluding tert-OH is 2. The third-order valence-corrected chi connectivity index (χ3v) is 0.813. The lowest BCUT2D eigenvalue weighted by Crippen LogP contribution is -2.21. The van der Waals surface area contributed by atoms with E-state index < -0.39 is 12.7 Å². The lowest BCUT2D eigenvalue weighted by atomic mass is 10.3. The van der Waals surface area contributed by atoms with E-state index in [1.54, 1.807) is 0 Å². The van der Waals surface area contributed by atoms with Gasteiger partial charge in [0.15, 0.2) is 0 Å². The Kier molecular flexibility index (Phi) is 3.14. The molecule has 48 valence electrons. The topological polar surface area (TPSA) is 73.1 Å². The van der Waals surface area contributed by atoms with E-state index in [0.717, 1.165) is 0 Å². The summed E-state index contributed by atoms with van der Waals surface area (Å²) >= 11 is 0. The van der Waals surface area contributed by atoms with E-state index >= 15 is 0 Å². The maximum absolute atomic E-state index is 8.59. The van der Waals surface area contributed by atoms with Gasteiger partial charge in [0.2, 0.25) is 0 Å². The maximum atomic E-state index is 8.59. The van der Waals surface area contributed by atoms with Crippen molar-refractivity contribution in [3.05, 3.63) is 0 Å². The molecule has 0 spiro atoms. The molecule has 0 aliphatic rings. The van der Waals surface area contributed by atoms with Gasteiger partial charge in [0.1, 0.15) is 6.10 Å². The van der Waals surface area contributed by atoms with Gasteiger partial charge in [-0.2, -0.15) is 0 Å². The molecule has 0 aliphatic heterocycles. The molecule has 0 radical (unpaired) electrons. The summed E-state index contributed by atoms with van der Waals surface area (Å²) in [4.78, 5) is 0. The summed E-state index contributed by atoms with van der Waals surface area (Å²) in [5.74, 6) is 0. The van der Waals surface area contributed by atoms with Gasteiger partial charge in [-0.3, -0.25) is 0 Å². The number of rotatable bonds is 2. The quantitative estimate of drug-likeness (QED) is 0.253. The summed E-state index contributed by atoms with van der Waals surface area (Å²) in [6.07, 6.45) is -1.03. The Morgan fingerprint density at radius 2 is 2.25 bits per heavy atom. The van der Waals surface area contributed by atoms with Crippen molar-refractivity contribution in [2.24, 2.45) is 5.16 Å². The Bertz CT molecular complexity index is 91.3. The third kappa shape index (κ3) is 1.90. The number of hydrogen-bond acceptors (Lipinski definition) is 4. The van der Waals surface area contributed by atoms with Crippen LogP contribution >= 0.6 is 0 Å². The highest BCUT2D eigenvalue weighted by Crippen LogP contribution is 1.83. The molecule has 0 bridgehead atoms. The molecule has 4 nitrogen and oxygen atoms in total. The van der Waals surface area contributed by atoms with Crippen molar-refractivity contribution in [3.8, 4) is 0 Å². The molecule has 0 fully saturated rings. The Morgan fingerprint density at radius 3 is 2.38 bits per heavy atom. The lowest BCUT2D eigenvalue weighted by molar-refractivity contribution is 0.140. The summed E-state index contributed by atoms with van der Waals surface area (Å²) in [7, 11) is 0. The second-order valence-electron chi connectivity index (χ2n) is 1.44. The van der Waals surface area contributed by atoms with Crippen LogP contribution < -0.4 is 0 Å². The monoisotopic (exact) mass is 119 g/mol. The van der Waals surface area contributed by atoms with Crippen molar-refractivity contribution in [3.63, 3.8) is 0 Å². The van der Waals surface area contributed by atoms with Gasteiger partial charge in [-0.05, 0) is 6.92 Å². The van der Waals surface area contributed by atoms with Crippen LogP contribution in [0.15, 0.2) is 5.16 Å². The number of hydrogen-bond donors (Lipinski definition) is 3. The van der Waals surface area contributed by atoms with Crippen LogP contribution in [0.4, 0.5) is 0 Å². The van der Waals surface area contributed by atoms with E-state index in [-0.39, 0.29) is 5.71 Å². The van der Waals surface area contributed by atoms with Crippen molar-refractivity contribution < 1.29 is 15.4 Å². The highest BCUT2D eigenvalue weighted by atomic mass is 16.4. The molecule has 0 heterocycles. The SMILES string of the molecule is C/C(=N/O)C(O)CO.